The molecule has 3 N–H and O–H groups in total. The molecule has 132 valence electrons. The van der Waals surface area contributed by atoms with Crippen LogP contribution in [0.1, 0.15) is 36.3 Å². The van der Waals surface area contributed by atoms with E-state index >= 15 is 0 Å². The standard InChI is InChI=1S/C19H25N5S/c1-12(2)8-15(20)9-17-13(3)18-19(25-17)16(11-23-24-18)22-10-14-4-6-21-7-5-14/h4-7,11-12,15H,8-10,20H2,1-3H3,(H,22,24)/t15-/m0/s1. The summed E-state index contributed by atoms with van der Waals surface area (Å²) in [6, 6.07) is 4.21. The van der Waals surface area contributed by atoms with Crippen molar-refractivity contribution in [3.63, 3.8) is 0 Å². The normalized spacial score (nSPS) is 12.7. The van der Waals surface area contributed by atoms with Gasteiger partial charge in [-0.3, -0.25) is 4.98 Å². The molecule has 0 fully saturated rings. The van der Waals surface area contributed by atoms with Crippen molar-refractivity contribution in [2.24, 2.45) is 11.7 Å². The van der Waals surface area contributed by atoms with Crippen LogP contribution in [0.25, 0.3) is 10.2 Å². The molecule has 0 aliphatic carbocycles. The first kappa shape index (κ1) is 17.8. The van der Waals surface area contributed by atoms with Crippen molar-refractivity contribution in [3.8, 4) is 0 Å². The lowest BCUT2D eigenvalue weighted by atomic mass is 10.0. The molecule has 0 saturated carbocycles. The van der Waals surface area contributed by atoms with Crippen LogP contribution < -0.4 is 11.1 Å². The van der Waals surface area contributed by atoms with E-state index in [9.17, 15) is 0 Å². The molecule has 0 aliphatic rings. The fourth-order valence-electron chi connectivity index (χ4n) is 3.00. The maximum Gasteiger partial charge on any atom is 0.109 e. The Morgan fingerprint density at radius 2 is 2.00 bits per heavy atom. The zero-order chi connectivity index (χ0) is 17.8. The molecule has 0 unspecified atom stereocenters. The number of thiophene rings is 1. The molecule has 3 rings (SSSR count). The summed E-state index contributed by atoms with van der Waals surface area (Å²) in [6.07, 6.45) is 7.35. The molecule has 0 saturated heterocycles. The number of nitrogens with two attached hydrogens (primary N) is 1. The van der Waals surface area contributed by atoms with Crippen LogP contribution >= 0.6 is 11.3 Å². The van der Waals surface area contributed by atoms with E-state index in [0.29, 0.717) is 5.92 Å². The van der Waals surface area contributed by atoms with E-state index in [0.717, 1.165) is 35.3 Å². The van der Waals surface area contributed by atoms with Crippen LogP contribution in [-0.2, 0) is 13.0 Å². The van der Waals surface area contributed by atoms with Crippen LogP contribution in [0.4, 0.5) is 5.69 Å². The van der Waals surface area contributed by atoms with E-state index in [-0.39, 0.29) is 6.04 Å². The quantitative estimate of drug-likeness (QED) is 0.672. The Labute approximate surface area is 152 Å². The Morgan fingerprint density at radius 1 is 1.24 bits per heavy atom. The highest BCUT2D eigenvalue weighted by Gasteiger charge is 2.16. The maximum atomic E-state index is 6.32. The van der Waals surface area contributed by atoms with Gasteiger partial charge in [-0.15, -0.1) is 16.4 Å². The van der Waals surface area contributed by atoms with Gasteiger partial charge in [0, 0.05) is 29.9 Å². The summed E-state index contributed by atoms with van der Waals surface area (Å²) in [7, 11) is 0. The van der Waals surface area contributed by atoms with Crippen molar-refractivity contribution in [3.05, 3.63) is 46.7 Å². The van der Waals surface area contributed by atoms with Gasteiger partial charge in [0.25, 0.3) is 0 Å². The van der Waals surface area contributed by atoms with Gasteiger partial charge < -0.3 is 11.1 Å². The largest absolute Gasteiger partial charge is 0.378 e. The smallest absolute Gasteiger partial charge is 0.109 e. The second-order valence-corrected chi connectivity index (χ2v) is 7.99. The molecule has 3 aromatic heterocycles. The van der Waals surface area contributed by atoms with Crippen LogP contribution in [0.3, 0.4) is 0 Å². The number of rotatable bonds is 7. The highest BCUT2D eigenvalue weighted by molar-refractivity contribution is 7.19. The number of aryl methyl sites for hydroxylation is 1. The SMILES string of the molecule is Cc1c(C[C@@H](N)CC(C)C)sc2c(NCc3ccncc3)cnnc12. The van der Waals surface area contributed by atoms with Gasteiger partial charge in [-0.1, -0.05) is 13.8 Å². The average Bonchev–Trinajstić information content (AvgIpc) is 2.90. The third kappa shape index (κ3) is 4.32. The van der Waals surface area contributed by atoms with Crippen molar-refractivity contribution in [1.82, 2.24) is 15.2 Å². The molecule has 5 nitrogen and oxygen atoms in total. The van der Waals surface area contributed by atoms with E-state index < -0.39 is 0 Å². The van der Waals surface area contributed by atoms with Gasteiger partial charge in [-0.25, -0.2) is 0 Å². The fourth-order valence-corrected chi connectivity index (χ4v) is 4.32. The number of pyridine rings is 1. The molecule has 0 aromatic carbocycles. The van der Waals surface area contributed by atoms with E-state index in [1.54, 1.807) is 29.9 Å². The lowest BCUT2D eigenvalue weighted by Crippen LogP contribution is -2.24. The lowest BCUT2D eigenvalue weighted by molar-refractivity contribution is 0.495. The van der Waals surface area contributed by atoms with Crippen molar-refractivity contribution in [2.45, 2.75) is 46.2 Å². The van der Waals surface area contributed by atoms with E-state index in [1.165, 1.54) is 16.0 Å². The maximum absolute atomic E-state index is 6.32. The number of hydrogen-bond donors (Lipinski definition) is 2. The van der Waals surface area contributed by atoms with Gasteiger partial charge in [0.15, 0.2) is 0 Å². The van der Waals surface area contributed by atoms with Gasteiger partial charge >= 0.3 is 0 Å². The van der Waals surface area contributed by atoms with Crippen molar-refractivity contribution >= 4 is 27.2 Å². The second kappa shape index (κ2) is 7.89. The van der Waals surface area contributed by atoms with Crippen molar-refractivity contribution in [2.75, 3.05) is 5.32 Å². The third-order valence-corrected chi connectivity index (χ3v) is 5.59. The summed E-state index contributed by atoms with van der Waals surface area (Å²) in [5.74, 6) is 0.613. The van der Waals surface area contributed by atoms with Gasteiger partial charge in [-0.2, -0.15) is 5.10 Å². The van der Waals surface area contributed by atoms with E-state index in [4.69, 9.17) is 5.73 Å². The zero-order valence-electron chi connectivity index (χ0n) is 15.0. The molecule has 1 atom stereocenters. The summed E-state index contributed by atoms with van der Waals surface area (Å²) in [6.45, 7) is 7.29. The molecule has 0 spiro atoms. The average molecular weight is 356 g/mol. The number of nitrogens with one attached hydrogen (secondary N) is 1. The minimum atomic E-state index is 0.188. The van der Waals surface area contributed by atoms with Gasteiger partial charge in [0.2, 0.25) is 0 Å². The Morgan fingerprint density at radius 3 is 2.72 bits per heavy atom. The molecule has 0 radical (unpaired) electrons. The Kier molecular flexibility index (Phi) is 5.60. The topological polar surface area (TPSA) is 76.7 Å². The molecule has 3 heterocycles. The van der Waals surface area contributed by atoms with Gasteiger partial charge in [0.05, 0.1) is 16.6 Å². The van der Waals surface area contributed by atoms with E-state index in [2.05, 4.69) is 41.3 Å². The van der Waals surface area contributed by atoms with E-state index in [1.807, 2.05) is 12.1 Å². The molecule has 25 heavy (non-hydrogen) atoms. The minimum absolute atomic E-state index is 0.188. The van der Waals surface area contributed by atoms with Crippen LogP contribution in [0.15, 0.2) is 30.7 Å². The zero-order valence-corrected chi connectivity index (χ0v) is 15.8. The second-order valence-electron chi connectivity index (χ2n) is 6.89. The first-order chi connectivity index (χ1) is 12.0. The Balaban J connectivity index is 1.82. The van der Waals surface area contributed by atoms with Crippen LogP contribution in [-0.4, -0.2) is 21.2 Å². The summed E-state index contributed by atoms with van der Waals surface area (Å²) in [4.78, 5) is 5.37. The summed E-state index contributed by atoms with van der Waals surface area (Å²) in [5, 5.41) is 12.0. The molecule has 3 aromatic rings. The number of hydrogen-bond acceptors (Lipinski definition) is 6. The molecular weight excluding hydrogens is 330 g/mol. The number of fused-ring (bicyclic) bond motifs is 1. The molecule has 0 amide bonds. The third-order valence-electron chi connectivity index (χ3n) is 4.26. The minimum Gasteiger partial charge on any atom is -0.378 e. The van der Waals surface area contributed by atoms with Crippen LogP contribution in [0, 0.1) is 12.8 Å². The first-order valence-corrected chi connectivity index (χ1v) is 9.48. The van der Waals surface area contributed by atoms with Gasteiger partial charge in [0.1, 0.15) is 5.52 Å². The van der Waals surface area contributed by atoms with Crippen LogP contribution in [0.5, 0.6) is 0 Å². The Bertz CT molecular complexity index is 828. The molecule has 0 bridgehead atoms. The number of nitrogens with zero attached hydrogens (tertiary/aromatic N) is 3. The highest BCUT2D eigenvalue weighted by atomic mass is 32.1. The monoisotopic (exact) mass is 355 g/mol. The van der Waals surface area contributed by atoms with Crippen molar-refractivity contribution < 1.29 is 0 Å². The molecular formula is C19H25N5S. The predicted molar refractivity (Wildman–Crippen MR) is 105 cm³/mol. The number of anilines is 1. The summed E-state index contributed by atoms with van der Waals surface area (Å²) in [5.41, 5.74) is 10.7. The summed E-state index contributed by atoms with van der Waals surface area (Å²) < 4.78 is 1.16. The molecule has 0 aliphatic heterocycles. The molecule has 6 heteroatoms. The van der Waals surface area contributed by atoms with Gasteiger partial charge in [-0.05, 0) is 48.9 Å². The predicted octanol–water partition coefficient (Wildman–Crippen LogP) is 3.92. The lowest BCUT2D eigenvalue weighted by Gasteiger charge is -2.13. The summed E-state index contributed by atoms with van der Waals surface area (Å²) >= 11 is 1.78. The van der Waals surface area contributed by atoms with Crippen LogP contribution in [0.2, 0.25) is 0 Å². The first-order valence-electron chi connectivity index (χ1n) is 8.66. The van der Waals surface area contributed by atoms with Crippen molar-refractivity contribution in [1.29, 1.82) is 0 Å². The highest BCUT2D eigenvalue weighted by Crippen LogP contribution is 2.35. The Hall–Kier alpha value is -2.05. The fraction of sp³-hybridized carbons (Fsp3) is 0.421. The number of aromatic nitrogens is 3.